The molecular weight excluding hydrogens is 293 g/mol. The molecule has 0 aliphatic heterocycles. The number of rotatable bonds is 2. The Hall–Kier alpha value is -0.850. The molecule has 2 heterocycles. The predicted molar refractivity (Wildman–Crippen MR) is 63.4 cm³/mol. The molecule has 0 fully saturated rings. The number of aromatic nitrogens is 3. The lowest BCUT2D eigenvalue weighted by Crippen LogP contribution is -2.07. The van der Waals surface area contributed by atoms with Crippen LogP contribution in [0.15, 0.2) is 17.2 Å². The van der Waals surface area contributed by atoms with Crippen LogP contribution in [-0.2, 0) is 6.54 Å². The first-order chi connectivity index (χ1) is 6.74. The van der Waals surface area contributed by atoms with Crippen LogP contribution < -0.4 is 5.43 Å². The first kappa shape index (κ1) is 9.70. The molecular formula is C9H10IN3O. The molecule has 5 heteroatoms. The van der Waals surface area contributed by atoms with Crippen molar-refractivity contribution in [3.05, 3.63) is 26.2 Å². The Labute approximate surface area is 94.5 Å². The average molecular weight is 303 g/mol. The smallest absolute Gasteiger partial charge is 0.205 e. The quantitative estimate of drug-likeness (QED) is 0.859. The molecule has 1 N–H and O–H groups in total. The Kier molecular flexibility index (Phi) is 2.58. The van der Waals surface area contributed by atoms with Gasteiger partial charge in [0.25, 0.3) is 0 Å². The van der Waals surface area contributed by atoms with Gasteiger partial charge in [0.05, 0.1) is 15.2 Å². The zero-order chi connectivity index (χ0) is 10.1. The van der Waals surface area contributed by atoms with Gasteiger partial charge in [0, 0.05) is 12.7 Å². The van der Waals surface area contributed by atoms with Gasteiger partial charge in [0.2, 0.25) is 5.43 Å². The topological polar surface area (TPSA) is 50.7 Å². The van der Waals surface area contributed by atoms with E-state index in [1.54, 1.807) is 12.4 Å². The molecule has 0 radical (unpaired) electrons. The van der Waals surface area contributed by atoms with E-state index >= 15 is 0 Å². The Morgan fingerprint density at radius 2 is 2.43 bits per heavy atom. The van der Waals surface area contributed by atoms with E-state index in [1.165, 1.54) is 0 Å². The highest BCUT2D eigenvalue weighted by molar-refractivity contribution is 14.1. The second-order valence-corrected chi connectivity index (χ2v) is 4.26. The van der Waals surface area contributed by atoms with E-state index in [0.29, 0.717) is 8.96 Å². The van der Waals surface area contributed by atoms with Gasteiger partial charge in [-0.2, -0.15) is 5.10 Å². The second-order valence-electron chi connectivity index (χ2n) is 3.10. The molecule has 0 atom stereocenters. The number of fused-ring (bicyclic) bond motifs is 1. The molecule has 0 spiro atoms. The fourth-order valence-corrected chi connectivity index (χ4v) is 1.86. The minimum atomic E-state index is 0.0571. The highest BCUT2D eigenvalue weighted by Crippen LogP contribution is 2.08. The summed E-state index contributed by atoms with van der Waals surface area (Å²) < 4.78 is 2.53. The summed E-state index contributed by atoms with van der Waals surface area (Å²) in [4.78, 5) is 14.8. The van der Waals surface area contributed by atoms with E-state index in [1.807, 2.05) is 27.3 Å². The summed E-state index contributed by atoms with van der Waals surface area (Å²) in [6, 6.07) is 0. The van der Waals surface area contributed by atoms with Crippen LogP contribution in [0.1, 0.15) is 13.3 Å². The minimum Gasteiger partial charge on any atom is -0.345 e. The van der Waals surface area contributed by atoms with Crippen LogP contribution in [0.25, 0.3) is 11.0 Å². The summed E-state index contributed by atoms with van der Waals surface area (Å²) >= 11 is 2.02. The Morgan fingerprint density at radius 1 is 1.64 bits per heavy atom. The molecule has 74 valence electrons. The third kappa shape index (κ3) is 1.45. The molecule has 0 aliphatic carbocycles. The van der Waals surface area contributed by atoms with E-state index in [4.69, 9.17) is 0 Å². The van der Waals surface area contributed by atoms with Gasteiger partial charge >= 0.3 is 0 Å². The maximum atomic E-state index is 11.7. The van der Waals surface area contributed by atoms with Gasteiger partial charge in [-0.15, -0.1) is 0 Å². The van der Waals surface area contributed by atoms with Crippen molar-refractivity contribution in [3.63, 3.8) is 0 Å². The molecule has 0 bridgehead atoms. The highest BCUT2D eigenvalue weighted by atomic mass is 127. The fraction of sp³-hybridized carbons (Fsp3) is 0.333. The van der Waals surface area contributed by atoms with Gasteiger partial charge in [-0.05, 0) is 29.0 Å². The lowest BCUT2D eigenvalue weighted by molar-refractivity contribution is 0.617. The Balaban J connectivity index is 2.71. The number of pyridine rings is 1. The standard InChI is InChI=1S/C9H10IN3O/c1-2-3-13-9-6(4-12-13)8(14)7(10)5-11-9/h4-5H,2-3H2,1H3,(H,11,14). The number of hydrogen-bond acceptors (Lipinski definition) is 2. The molecule has 0 saturated carbocycles. The number of aromatic amines is 1. The monoisotopic (exact) mass is 303 g/mol. The van der Waals surface area contributed by atoms with Crippen molar-refractivity contribution in [3.8, 4) is 0 Å². The van der Waals surface area contributed by atoms with Gasteiger partial charge in [-0.25, -0.2) is 4.68 Å². The van der Waals surface area contributed by atoms with Crippen LogP contribution in [0.2, 0.25) is 0 Å². The van der Waals surface area contributed by atoms with Gasteiger partial charge in [0.15, 0.2) is 0 Å². The van der Waals surface area contributed by atoms with Crippen molar-refractivity contribution in [2.24, 2.45) is 0 Å². The first-order valence-electron chi connectivity index (χ1n) is 4.46. The van der Waals surface area contributed by atoms with Crippen molar-refractivity contribution >= 4 is 33.6 Å². The fourth-order valence-electron chi connectivity index (χ4n) is 1.41. The largest absolute Gasteiger partial charge is 0.345 e. The zero-order valence-corrected chi connectivity index (χ0v) is 9.91. The van der Waals surface area contributed by atoms with Crippen LogP contribution in [0.3, 0.4) is 0 Å². The lowest BCUT2D eigenvalue weighted by atomic mass is 10.3. The maximum absolute atomic E-state index is 11.7. The molecule has 0 unspecified atom stereocenters. The van der Waals surface area contributed by atoms with E-state index in [0.717, 1.165) is 18.6 Å². The van der Waals surface area contributed by atoms with E-state index in [2.05, 4.69) is 17.0 Å². The van der Waals surface area contributed by atoms with Crippen molar-refractivity contribution < 1.29 is 0 Å². The van der Waals surface area contributed by atoms with Crippen molar-refractivity contribution in [2.45, 2.75) is 19.9 Å². The highest BCUT2D eigenvalue weighted by Gasteiger charge is 2.07. The third-order valence-electron chi connectivity index (χ3n) is 2.07. The number of nitrogens with one attached hydrogen (secondary N) is 1. The Morgan fingerprint density at radius 3 is 3.14 bits per heavy atom. The zero-order valence-electron chi connectivity index (χ0n) is 7.75. The summed E-state index contributed by atoms with van der Waals surface area (Å²) in [5.41, 5.74) is 0.874. The maximum Gasteiger partial charge on any atom is 0.205 e. The van der Waals surface area contributed by atoms with Crippen LogP contribution in [-0.4, -0.2) is 14.8 Å². The number of nitrogens with zero attached hydrogens (tertiary/aromatic N) is 2. The van der Waals surface area contributed by atoms with Crippen molar-refractivity contribution in [1.82, 2.24) is 14.8 Å². The molecule has 4 nitrogen and oxygen atoms in total. The molecule has 2 aromatic heterocycles. The van der Waals surface area contributed by atoms with Crippen LogP contribution >= 0.6 is 22.6 Å². The number of hydrogen-bond donors (Lipinski definition) is 1. The molecule has 0 aromatic carbocycles. The predicted octanol–water partition coefficient (Wildman–Crippen LogP) is 1.74. The van der Waals surface area contributed by atoms with Crippen LogP contribution in [0, 0.1) is 3.57 Å². The van der Waals surface area contributed by atoms with Gasteiger partial charge < -0.3 is 4.98 Å². The van der Waals surface area contributed by atoms with E-state index in [9.17, 15) is 4.79 Å². The second kappa shape index (κ2) is 3.72. The number of H-pyrrole nitrogens is 1. The number of halogens is 1. The van der Waals surface area contributed by atoms with Crippen molar-refractivity contribution in [1.29, 1.82) is 0 Å². The molecule has 0 aliphatic rings. The third-order valence-corrected chi connectivity index (χ3v) is 2.87. The van der Waals surface area contributed by atoms with E-state index in [-0.39, 0.29) is 5.43 Å². The summed E-state index contributed by atoms with van der Waals surface area (Å²) in [6.45, 7) is 2.92. The van der Waals surface area contributed by atoms with Gasteiger partial charge in [-0.3, -0.25) is 4.79 Å². The summed E-state index contributed by atoms with van der Waals surface area (Å²) in [6.07, 6.45) is 4.36. The van der Waals surface area contributed by atoms with Crippen LogP contribution in [0.5, 0.6) is 0 Å². The average Bonchev–Trinajstić information content (AvgIpc) is 2.57. The molecule has 2 aromatic rings. The lowest BCUT2D eigenvalue weighted by Gasteiger charge is -1.99. The summed E-state index contributed by atoms with van der Waals surface area (Å²) in [7, 11) is 0. The van der Waals surface area contributed by atoms with Crippen molar-refractivity contribution in [2.75, 3.05) is 0 Å². The SMILES string of the molecule is CCCn1ncc2c(=O)c(I)c[nH]c21. The summed E-state index contributed by atoms with van der Waals surface area (Å²) in [5.74, 6) is 0. The molecule has 14 heavy (non-hydrogen) atoms. The first-order valence-corrected chi connectivity index (χ1v) is 5.54. The molecule has 0 amide bonds. The normalized spacial score (nSPS) is 11.0. The van der Waals surface area contributed by atoms with Gasteiger partial charge in [-0.1, -0.05) is 6.92 Å². The van der Waals surface area contributed by atoms with Gasteiger partial charge in [0.1, 0.15) is 5.65 Å². The molecule has 0 saturated heterocycles. The number of aryl methyl sites for hydroxylation is 1. The van der Waals surface area contributed by atoms with E-state index < -0.39 is 0 Å². The summed E-state index contributed by atoms with van der Waals surface area (Å²) in [5, 5.41) is 4.84. The molecule has 2 rings (SSSR count). The minimum absolute atomic E-state index is 0.0571. The van der Waals surface area contributed by atoms with Crippen LogP contribution in [0.4, 0.5) is 0 Å². The Bertz CT molecular complexity index is 514.